The number of fused-ring (bicyclic) bond motifs is 1. The molecule has 98 valence electrons. The molecule has 0 aliphatic heterocycles. The molecule has 6 nitrogen and oxygen atoms in total. The molecular weight excluding hydrogens is 240 g/mol. The SMILES string of the molecule is Cc1ccnc2c1nc(N)n2CCc1ccnn1C. The van der Waals surface area contributed by atoms with Crippen LogP contribution in [0.25, 0.3) is 11.2 Å². The summed E-state index contributed by atoms with van der Waals surface area (Å²) < 4.78 is 3.82. The molecule has 3 aromatic heterocycles. The normalized spacial score (nSPS) is 11.3. The number of rotatable bonds is 3. The lowest BCUT2D eigenvalue weighted by molar-refractivity contribution is 0.648. The maximum Gasteiger partial charge on any atom is 0.202 e. The minimum atomic E-state index is 0.513. The number of hydrogen-bond acceptors (Lipinski definition) is 4. The maximum absolute atomic E-state index is 5.99. The Kier molecular flexibility index (Phi) is 2.70. The Morgan fingerprint density at radius 3 is 2.84 bits per heavy atom. The van der Waals surface area contributed by atoms with Crippen LogP contribution in [0, 0.1) is 6.92 Å². The molecule has 0 aliphatic rings. The molecule has 2 N–H and O–H groups in total. The highest BCUT2D eigenvalue weighted by Gasteiger charge is 2.11. The van der Waals surface area contributed by atoms with Crippen LogP contribution in [0.2, 0.25) is 0 Å². The molecule has 0 radical (unpaired) electrons. The van der Waals surface area contributed by atoms with E-state index >= 15 is 0 Å². The molecule has 0 amide bonds. The summed E-state index contributed by atoms with van der Waals surface area (Å²) in [4.78, 5) is 8.77. The summed E-state index contributed by atoms with van der Waals surface area (Å²) in [5, 5.41) is 4.16. The molecular formula is C13H16N6. The number of aromatic nitrogens is 5. The van der Waals surface area contributed by atoms with Gasteiger partial charge in [-0.2, -0.15) is 5.10 Å². The smallest absolute Gasteiger partial charge is 0.202 e. The van der Waals surface area contributed by atoms with Gasteiger partial charge in [-0.25, -0.2) is 9.97 Å². The second-order valence-corrected chi connectivity index (χ2v) is 4.62. The van der Waals surface area contributed by atoms with E-state index in [1.54, 1.807) is 12.4 Å². The van der Waals surface area contributed by atoms with E-state index in [0.29, 0.717) is 5.95 Å². The van der Waals surface area contributed by atoms with Gasteiger partial charge >= 0.3 is 0 Å². The topological polar surface area (TPSA) is 74.6 Å². The number of hydrogen-bond donors (Lipinski definition) is 1. The van der Waals surface area contributed by atoms with E-state index in [9.17, 15) is 0 Å². The molecule has 0 unspecified atom stereocenters. The summed E-state index contributed by atoms with van der Waals surface area (Å²) in [6, 6.07) is 3.95. The Bertz CT molecular complexity index is 724. The number of nitrogen functional groups attached to an aromatic ring is 1. The predicted molar refractivity (Wildman–Crippen MR) is 73.6 cm³/mol. The van der Waals surface area contributed by atoms with Crippen LogP contribution in [0.3, 0.4) is 0 Å². The monoisotopic (exact) mass is 256 g/mol. The van der Waals surface area contributed by atoms with Gasteiger partial charge < -0.3 is 5.73 Å². The highest BCUT2D eigenvalue weighted by molar-refractivity contribution is 5.77. The van der Waals surface area contributed by atoms with Crippen molar-refractivity contribution in [2.45, 2.75) is 19.9 Å². The van der Waals surface area contributed by atoms with E-state index in [1.807, 2.05) is 35.4 Å². The number of nitrogens with zero attached hydrogens (tertiary/aromatic N) is 5. The van der Waals surface area contributed by atoms with Gasteiger partial charge in [-0.1, -0.05) is 0 Å². The molecule has 3 aromatic rings. The van der Waals surface area contributed by atoms with Crippen LogP contribution in [0.15, 0.2) is 24.5 Å². The predicted octanol–water partition coefficient (Wildman–Crippen LogP) is 1.30. The minimum absolute atomic E-state index is 0.513. The number of aryl methyl sites for hydroxylation is 4. The maximum atomic E-state index is 5.99. The lowest BCUT2D eigenvalue weighted by Gasteiger charge is -2.06. The fourth-order valence-corrected chi connectivity index (χ4v) is 2.25. The number of imidazole rings is 1. The van der Waals surface area contributed by atoms with Crippen molar-refractivity contribution in [3.63, 3.8) is 0 Å². The number of nitrogens with two attached hydrogens (primary N) is 1. The first kappa shape index (κ1) is 11.7. The highest BCUT2D eigenvalue weighted by Crippen LogP contribution is 2.19. The van der Waals surface area contributed by atoms with Crippen molar-refractivity contribution in [3.05, 3.63) is 35.8 Å². The van der Waals surface area contributed by atoms with Gasteiger partial charge in [0, 0.05) is 38.1 Å². The van der Waals surface area contributed by atoms with Crippen LogP contribution in [0.1, 0.15) is 11.3 Å². The van der Waals surface area contributed by atoms with Crippen molar-refractivity contribution in [1.29, 1.82) is 0 Å². The summed E-state index contributed by atoms with van der Waals surface area (Å²) in [5.74, 6) is 0.513. The molecule has 0 saturated carbocycles. The van der Waals surface area contributed by atoms with E-state index in [4.69, 9.17) is 5.73 Å². The molecule has 6 heteroatoms. The Morgan fingerprint density at radius 1 is 1.26 bits per heavy atom. The number of pyridine rings is 1. The average molecular weight is 256 g/mol. The lowest BCUT2D eigenvalue weighted by atomic mass is 10.2. The third kappa shape index (κ3) is 1.95. The van der Waals surface area contributed by atoms with Crippen LogP contribution in [0.5, 0.6) is 0 Å². The molecule has 0 spiro atoms. The van der Waals surface area contributed by atoms with Gasteiger partial charge in [-0.05, 0) is 24.6 Å². The van der Waals surface area contributed by atoms with Gasteiger partial charge in [0.2, 0.25) is 5.95 Å². The highest BCUT2D eigenvalue weighted by atomic mass is 15.3. The summed E-state index contributed by atoms with van der Waals surface area (Å²) in [6.07, 6.45) is 4.44. The first-order chi connectivity index (χ1) is 9.16. The zero-order chi connectivity index (χ0) is 13.4. The Morgan fingerprint density at radius 2 is 2.11 bits per heavy atom. The van der Waals surface area contributed by atoms with Gasteiger partial charge in [-0.15, -0.1) is 0 Å². The standard InChI is InChI=1S/C13H16N6/c1-9-3-6-15-12-11(9)17-13(14)19(12)8-5-10-4-7-16-18(10)2/h3-4,6-7H,5,8H2,1-2H3,(H2,14,17). The first-order valence-corrected chi connectivity index (χ1v) is 6.21. The van der Waals surface area contributed by atoms with Crippen LogP contribution < -0.4 is 5.73 Å². The third-order valence-electron chi connectivity index (χ3n) is 3.38. The van der Waals surface area contributed by atoms with Crippen molar-refractivity contribution >= 4 is 17.1 Å². The summed E-state index contributed by atoms with van der Waals surface area (Å²) in [6.45, 7) is 2.76. The van der Waals surface area contributed by atoms with Gasteiger partial charge in [0.05, 0.1) is 0 Å². The Hall–Kier alpha value is -2.37. The van der Waals surface area contributed by atoms with Gasteiger partial charge in [0.25, 0.3) is 0 Å². The largest absolute Gasteiger partial charge is 0.369 e. The van der Waals surface area contributed by atoms with Crippen molar-refractivity contribution in [3.8, 4) is 0 Å². The molecule has 19 heavy (non-hydrogen) atoms. The van der Waals surface area contributed by atoms with Crippen molar-refractivity contribution < 1.29 is 0 Å². The van der Waals surface area contributed by atoms with Crippen LogP contribution in [-0.4, -0.2) is 24.3 Å². The van der Waals surface area contributed by atoms with E-state index in [1.165, 1.54) is 0 Å². The molecule has 0 aliphatic carbocycles. The molecule has 0 saturated heterocycles. The second-order valence-electron chi connectivity index (χ2n) is 4.62. The van der Waals surface area contributed by atoms with Crippen molar-refractivity contribution in [2.75, 3.05) is 5.73 Å². The second kappa shape index (κ2) is 4.38. The van der Waals surface area contributed by atoms with Gasteiger partial charge in [0.15, 0.2) is 5.65 Å². The van der Waals surface area contributed by atoms with E-state index in [2.05, 4.69) is 15.1 Å². The van der Waals surface area contributed by atoms with E-state index < -0.39 is 0 Å². The molecule has 0 aromatic carbocycles. The third-order valence-corrected chi connectivity index (χ3v) is 3.38. The zero-order valence-electron chi connectivity index (χ0n) is 11.0. The molecule has 3 heterocycles. The Balaban J connectivity index is 1.95. The van der Waals surface area contributed by atoms with E-state index in [0.717, 1.165) is 35.4 Å². The zero-order valence-corrected chi connectivity index (χ0v) is 11.0. The van der Waals surface area contributed by atoms with Gasteiger partial charge in [0.1, 0.15) is 5.52 Å². The molecule has 0 bridgehead atoms. The summed E-state index contributed by atoms with van der Waals surface area (Å²) >= 11 is 0. The van der Waals surface area contributed by atoms with Crippen molar-refractivity contribution in [1.82, 2.24) is 24.3 Å². The van der Waals surface area contributed by atoms with Crippen molar-refractivity contribution in [2.24, 2.45) is 7.05 Å². The lowest BCUT2D eigenvalue weighted by Crippen LogP contribution is -2.08. The minimum Gasteiger partial charge on any atom is -0.369 e. The quantitative estimate of drug-likeness (QED) is 0.766. The van der Waals surface area contributed by atoms with E-state index in [-0.39, 0.29) is 0 Å². The summed E-state index contributed by atoms with van der Waals surface area (Å²) in [5.41, 5.74) is 9.97. The fourth-order valence-electron chi connectivity index (χ4n) is 2.25. The summed E-state index contributed by atoms with van der Waals surface area (Å²) in [7, 11) is 1.94. The van der Waals surface area contributed by atoms with Gasteiger partial charge in [-0.3, -0.25) is 9.25 Å². The average Bonchev–Trinajstić information content (AvgIpc) is 2.92. The number of anilines is 1. The van der Waals surface area contributed by atoms with Crippen LogP contribution in [0.4, 0.5) is 5.95 Å². The Labute approximate surface area is 110 Å². The molecule has 0 fully saturated rings. The molecule has 3 rings (SSSR count). The van der Waals surface area contributed by atoms with Crippen LogP contribution in [-0.2, 0) is 20.0 Å². The molecule has 0 atom stereocenters. The van der Waals surface area contributed by atoms with Crippen LogP contribution >= 0.6 is 0 Å². The first-order valence-electron chi connectivity index (χ1n) is 6.21. The fraction of sp³-hybridized carbons (Fsp3) is 0.308.